The van der Waals surface area contributed by atoms with E-state index in [1.54, 1.807) is 30.3 Å². The number of methoxy groups -OCH3 is 1. The fourth-order valence-electron chi connectivity index (χ4n) is 3.73. The lowest BCUT2D eigenvalue weighted by Crippen LogP contribution is -2.29. The summed E-state index contributed by atoms with van der Waals surface area (Å²) in [6.45, 7) is -0.103. The molecule has 1 atom stereocenters. The summed E-state index contributed by atoms with van der Waals surface area (Å²) in [4.78, 5) is 38.2. The van der Waals surface area contributed by atoms with Crippen LogP contribution in [0.3, 0.4) is 0 Å². The maximum absolute atomic E-state index is 13.0. The van der Waals surface area contributed by atoms with Gasteiger partial charge in [0.25, 0.3) is 17.4 Å². The smallest absolute Gasteiger partial charge is 0.296 e. The number of ketones is 1. The molecule has 4 rings (SSSR count). The summed E-state index contributed by atoms with van der Waals surface area (Å²) in [6, 6.07) is 14.1. The van der Waals surface area contributed by atoms with Gasteiger partial charge in [-0.25, -0.2) is 0 Å². The van der Waals surface area contributed by atoms with Gasteiger partial charge in [0, 0.05) is 11.6 Å². The molecule has 1 amide bonds. The van der Waals surface area contributed by atoms with Crippen LogP contribution >= 0.6 is 0 Å². The van der Waals surface area contributed by atoms with E-state index in [9.17, 15) is 24.8 Å². The molecular formula is C23H18N2O7. The van der Waals surface area contributed by atoms with Gasteiger partial charge in [-0.05, 0) is 42.5 Å². The third kappa shape index (κ3) is 3.60. The van der Waals surface area contributed by atoms with E-state index in [0.29, 0.717) is 11.5 Å². The van der Waals surface area contributed by atoms with E-state index in [1.807, 2.05) is 0 Å². The highest BCUT2D eigenvalue weighted by molar-refractivity contribution is 6.46. The lowest BCUT2D eigenvalue weighted by Gasteiger charge is -2.24. The number of hydrogen-bond acceptors (Lipinski definition) is 7. The first-order chi connectivity index (χ1) is 15.4. The van der Waals surface area contributed by atoms with Gasteiger partial charge in [0.2, 0.25) is 0 Å². The molecule has 0 radical (unpaired) electrons. The number of hydrogen-bond donors (Lipinski definition) is 1. The second-order valence-corrected chi connectivity index (χ2v) is 7.05. The van der Waals surface area contributed by atoms with Crippen molar-refractivity contribution in [1.29, 1.82) is 0 Å². The van der Waals surface area contributed by atoms with Gasteiger partial charge < -0.3 is 19.2 Å². The summed E-state index contributed by atoms with van der Waals surface area (Å²) in [5.74, 6) is -1.33. The Balaban J connectivity index is 1.91. The van der Waals surface area contributed by atoms with Crippen molar-refractivity contribution in [3.05, 3.63) is 99.5 Å². The number of Topliss-reactive ketones (excluding diaryl/α,β-unsaturated/α-hetero) is 1. The lowest BCUT2D eigenvalue weighted by molar-refractivity contribution is -0.385. The number of furan rings is 1. The van der Waals surface area contributed by atoms with E-state index in [-0.39, 0.29) is 28.9 Å². The highest BCUT2D eigenvalue weighted by Crippen LogP contribution is 2.43. The first-order valence-corrected chi connectivity index (χ1v) is 9.61. The number of carbonyl (C=O) groups is 2. The van der Waals surface area contributed by atoms with E-state index in [1.165, 1.54) is 48.6 Å². The van der Waals surface area contributed by atoms with E-state index in [0.717, 1.165) is 0 Å². The fraction of sp³-hybridized carbons (Fsp3) is 0.130. The highest BCUT2D eigenvalue weighted by atomic mass is 16.6. The number of ether oxygens (including phenoxy) is 1. The van der Waals surface area contributed by atoms with E-state index in [4.69, 9.17) is 9.15 Å². The molecule has 9 heteroatoms. The van der Waals surface area contributed by atoms with Crippen LogP contribution in [0, 0.1) is 10.1 Å². The zero-order valence-corrected chi connectivity index (χ0v) is 16.9. The molecule has 2 aromatic carbocycles. The molecule has 0 bridgehead atoms. The topological polar surface area (TPSA) is 123 Å². The maximum Gasteiger partial charge on any atom is 0.296 e. The van der Waals surface area contributed by atoms with Crippen molar-refractivity contribution >= 4 is 23.1 Å². The number of aliphatic hydroxyl groups is 1. The van der Waals surface area contributed by atoms with Crippen LogP contribution in [0.4, 0.5) is 5.69 Å². The van der Waals surface area contributed by atoms with Crippen molar-refractivity contribution in [3.63, 3.8) is 0 Å². The third-order valence-electron chi connectivity index (χ3n) is 5.24. The maximum atomic E-state index is 13.0. The number of nitrogens with zero attached hydrogens (tertiary/aromatic N) is 2. The van der Waals surface area contributed by atoms with Gasteiger partial charge >= 0.3 is 0 Å². The highest BCUT2D eigenvalue weighted by Gasteiger charge is 2.48. The normalized spacial score (nSPS) is 17.5. The fourth-order valence-corrected chi connectivity index (χ4v) is 3.73. The molecule has 0 saturated carbocycles. The minimum Gasteiger partial charge on any atom is -0.507 e. The summed E-state index contributed by atoms with van der Waals surface area (Å²) in [6.07, 6.45) is 1.42. The minimum atomic E-state index is -1.18. The van der Waals surface area contributed by atoms with Crippen molar-refractivity contribution in [2.24, 2.45) is 0 Å². The molecule has 0 aliphatic carbocycles. The van der Waals surface area contributed by atoms with E-state index in [2.05, 4.69) is 0 Å². The molecule has 2 heterocycles. The number of carbonyl (C=O) groups excluding carboxylic acids is 2. The lowest BCUT2D eigenvalue weighted by atomic mass is 9.94. The summed E-state index contributed by atoms with van der Waals surface area (Å²) in [7, 11) is 1.49. The van der Waals surface area contributed by atoms with E-state index >= 15 is 0 Å². The van der Waals surface area contributed by atoms with Crippen LogP contribution in [0.25, 0.3) is 5.76 Å². The van der Waals surface area contributed by atoms with Crippen molar-refractivity contribution in [3.8, 4) is 5.75 Å². The van der Waals surface area contributed by atoms with Crippen molar-refractivity contribution in [2.75, 3.05) is 7.11 Å². The minimum absolute atomic E-state index is 0.103. The number of nitro groups is 1. The summed E-state index contributed by atoms with van der Waals surface area (Å²) in [5.41, 5.74) is -0.130. The van der Waals surface area contributed by atoms with Crippen LogP contribution < -0.4 is 4.74 Å². The summed E-state index contributed by atoms with van der Waals surface area (Å²) in [5, 5.41) is 22.7. The van der Waals surface area contributed by atoms with Gasteiger partial charge in [0.15, 0.2) is 0 Å². The number of rotatable bonds is 6. The number of benzene rings is 2. The van der Waals surface area contributed by atoms with Crippen LogP contribution in [0.15, 0.2) is 76.9 Å². The summed E-state index contributed by atoms with van der Waals surface area (Å²) < 4.78 is 10.4. The van der Waals surface area contributed by atoms with Crippen molar-refractivity contribution < 1.29 is 28.8 Å². The van der Waals surface area contributed by atoms with Crippen LogP contribution in [0.5, 0.6) is 5.75 Å². The molecule has 1 unspecified atom stereocenters. The third-order valence-corrected chi connectivity index (χ3v) is 5.24. The van der Waals surface area contributed by atoms with Crippen molar-refractivity contribution in [1.82, 2.24) is 4.90 Å². The molecule has 1 aliphatic rings. The number of aliphatic hydroxyl groups excluding tert-OH is 1. The van der Waals surface area contributed by atoms with Gasteiger partial charge in [-0.1, -0.05) is 12.1 Å². The Kier molecular flexibility index (Phi) is 5.46. The van der Waals surface area contributed by atoms with Gasteiger partial charge in [-0.2, -0.15) is 0 Å². The Labute approximate surface area is 182 Å². The SMILES string of the molecule is COc1ccc(C(O)=C2C(=O)C(=O)N(Cc3ccco3)C2c2ccccc2[N+](=O)[O-])cc1. The number of nitro benzene ring substituents is 1. The average molecular weight is 434 g/mol. The molecule has 0 spiro atoms. The Morgan fingerprint density at radius 1 is 1.12 bits per heavy atom. The zero-order valence-electron chi connectivity index (χ0n) is 16.9. The monoisotopic (exact) mass is 434 g/mol. The van der Waals surface area contributed by atoms with Crippen LogP contribution in [0.2, 0.25) is 0 Å². The first-order valence-electron chi connectivity index (χ1n) is 9.61. The molecule has 32 heavy (non-hydrogen) atoms. The average Bonchev–Trinajstić information content (AvgIpc) is 3.41. The Morgan fingerprint density at radius 2 is 1.84 bits per heavy atom. The standard InChI is InChI=1S/C23H18N2O7/c1-31-15-10-8-14(9-11-15)21(26)19-20(17-6-2-3-7-18(17)25(29)30)24(23(28)22(19)27)13-16-5-4-12-32-16/h2-12,20,26H,13H2,1H3. The molecule has 1 aromatic heterocycles. The summed E-state index contributed by atoms with van der Waals surface area (Å²) >= 11 is 0. The molecule has 1 aliphatic heterocycles. The van der Waals surface area contributed by atoms with Gasteiger partial charge in [-0.3, -0.25) is 19.7 Å². The molecule has 1 fully saturated rings. The zero-order chi connectivity index (χ0) is 22.8. The first kappa shape index (κ1) is 20.9. The van der Waals surface area contributed by atoms with Gasteiger partial charge in [0.05, 0.1) is 42.0 Å². The predicted octanol–water partition coefficient (Wildman–Crippen LogP) is 3.82. The predicted molar refractivity (Wildman–Crippen MR) is 113 cm³/mol. The number of para-hydroxylation sites is 1. The van der Waals surface area contributed by atoms with Crippen LogP contribution in [-0.4, -0.2) is 33.7 Å². The Bertz CT molecular complexity index is 1210. The van der Waals surface area contributed by atoms with Crippen LogP contribution in [0.1, 0.15) is 22.9 Å². The molecule has 3 aromatic rings. The largest absolute Gasteiger partial charge is 0.507 e. The van der Waals surface area contributed by atoms with Crippen LogP contribution in [-0.2, 0) is 16.1 Å². The molecule has 1 N–H and O–H groups in total. The van der Waals surface area contributed by atoms with Gasteiger partial charge in [0.1, 0.15) is 17.3 Å². The Hall–Kier alpha value is -4.40. The van der Waals surface area contributed by atoms with Crippen molar-refractivity contribution in [2.45, 2.75) is 12.6 Å². The van der Waals surface area contributed by atoms with E-state index < -0.39 is 28.4 Å². The second-order valence-electron chi connectivity index (χ2n) is 7.05. The molecular weight excluding hydrogens is 416 g/mol. The Morgan fingerprint density at radius 3 is 2.47 bits per heavy atom. The molecule has 9 nitrogen and oxygen atoms in total. The second kappa shape index (κ2) is 8.38. The molecule has 1 saturated heterocycles. The van der Waals surface area contributed by atoms with Gasteiger partial charge in [-0.15, -0.1) is 0 Å². The number of amides is 1. The number of likely N-dealkylation sites (tertiary alicyclic amines) is 1. The molecule has 162 valence electrons. The quantitative estimate of drug-likeness (QED) is 0.206.